The lowest BCUT2D eigenvalue weighted by Gasteiger charge is -2.45. The minimum atomic E-state index is -3.14. The number of hydrogen-bond acceptors (Lipinski definition) is 5. The third-order valence-electron chi connectivity index (χ3n) is 5.15. The monoisotopic (exact) mass is 352 g/mol. The number of rotatable bonds is 4. The van der Waals surface area contributed by atoms with Gasteiger partial charge in [-0.15, -0.1) is 0 Å². The molecule has 0 bridgehead atoms. The Bertz CT molecular complexity index is 717. The molecule has 3 rings (SSSR count). The van der Waals surface area contributed by atoms with Crippen LogP contribution in [-0.4, -0.2) is 62.5 Å². The summed E-state index contributed by atoms with van der Waals surface area (Å²) < 4.78 is 29.7. The number of hydrogen-bond donors (Lipinski definition) is 0. The standard InChI is InChI=1S/C17H24N2O4S/c1-4-12(2)18-9-17(20)19(13-5-7-14(23-3)8-6-13)16-11-24(21,22)10-15(16)18/h5-8,12,15-16H,4,9-11H2,1-3H3/t12-,15-,16+/m0/s1. The number of fused-ring (bicyclic) bond motifs is 1. The summed E-state index contributed by atoms with van der Waals surface area (Å²) in [4.78, 5) is 16.5. The molecule has 3 atom stereocenters. The van der Waals surface area contributed by atoms with E-state index in [0.29, 0.717) is 5.75 Å². The number of carbonyl (C=O) groups excluding carboxylic acids is 1. The van der Waals surface area contributed by atoms with Gasteiger partial charge in [-0.3, -0.25) is 9.69 Å². The molecule has 24 heavy (non-hydrogen) atoms. The zero-order chi connectivity index (χ0) is 17.5. The molecule has 1 amide bonds. The van der Waals surface area contributed by atoms with Gasteiger partial charge in [-0.1, -0.05) is 6.92 Å². The van der Waals surface area contributed by atoms with E-state index in [1.54, 1.807) is 24.1 Å². The van der Waals surface area contributed by atoms with E-state index in [0.717, 1.165) is 12.1 Å². The number of ether oxygens (including phenoxy) is 1. The van der Waals surface area contributed by atoms with E-state index in [9.17, 15) is 13.2 Å². The molecule has 0 radical (unpaired) electrons. The Morgan fingerprint density at radius 2 is 1.83 bits per heavy atom. The third-order valence-corrected chi connectivity index (χ3v) is 6.84. The topological polar surface area (TPSA) is 66.9 Å². The van der Waals surface area contributed by atoms with Gasteiger partial charge in [0.25, 0.3) is 0 Å². The first-order chi connectivity index (χ1) is 11.4. The predicted molar refractivity (Wildman–Crippen MR) is 93.2 cm³/mol. The Kier molecular flexibility index (Phi) is 4.57. The van der Waals surface area contributed by atoms with Crippen LogP contribution in [-0.2, 0) is 14.6 Å². The lowest BCUT2D eigenvalue weighted by atomic mass is 10.00. The van der Waals surface area contributed by atoms with Gasteiger partial charge in [-0.05, 0) is 37.6 Å². The number of carbonyl (C=O) groups is 1. The lowest BCUT2D eigenvalue weighted by molar-refractivity contribution is -0.124. The highest BCUT2D eigenvalue weighted by Crippen LogP contribution is 2.33. The molecule has 1 aromatic rings. The number of benzene rings is 1. The van der Waals surface area contributed by atoms with E-state index in [-0.39, 0.29) is 42.1 Å². The van der Waals surface area contributed by atoms with Gasteiger partial charge in [-0.2, -0.15) is 0 Å². The van der Waals surface area contributed by atoms with Crippen molar-refractivity contribution in [3.8, 4) is 5.75 Å². The summed E-state index contributed by atoms with van der Waals surface area (Å²) >= 11 is 0. The largest absolute Gasteiger partial charge is 0.497 e. The fourth-order valence-corrected chi connectivity index (χ4v) is 5.67. The van der Waals surface area contributed by atoms with Crippen molar-refractivity contribution in [1.29, 1.82) is 0 Å². The average molecular weight is 352 g/mol. The first-order valence-corrected chi connectivity index (χ1v) is 10.1. The molecule has 2 saturated heterocycles. The number of nitrogens with zero attached hydrogens (tertiary/aromatic N) is 2. The van der Waals surface area contributed by atoms with Crippen LogP contribution in [0, 0.1) is 0 Å². The Morgan fingerprint density at radius 3 is 2.42 bits per heavy atom. The number of sulfone groups is 1. The third kappa shape index (κ3) is 3.02. The number of piperazine rings is 1. The summed E-state index contributed by atoms with van der Waals surface area (Å²) in [5.74, 6) is 0.823. The van der Waals surface area contributed by atoms with Gasteiger partial charge in [0.2, 0.25) is 5.91 Å². The highest BCUT2D eigenvalue weighted by atomic mass is 32.2. The predicted octanol–water partition coefficient (Wildman–Crippen LogP) is 1.31. The molecule has 7 heteroatoms. The van der Waals surface area contributed by atoms with Gasteiger partial charge < -0.3 is 9.64 Å². The normalized spacial score (nSPS) is 27.8. The molecule has 2 heterocycles. The zero-order valence-corrected chi connectivity index (χ0v) is 15.1. The van der Waals surface area contributed by atoms with Crippen LogP contribution in [0.2, 0.25) is 0 Å². The summed E-state index contributed by atoms with van der Waals surface area (Å²) in [5, 5.41) is 0. The molecule has 132 valence electrons. The number of anilines is 1. The Labute approximate surface area is 143 Å². The summed E-state index contributed by atoms with van der Waals surface area (Å²) in [6, 6.07) is 6.95. The van der Waals surface area contributed by atoms with E-state index >= 15 is 0 Å². The molecule has 0 unspecified atom stereocenters. The van der Waals surface area contributed by atoms with Crippen LogP contribution in [0.4, 0.5) is 5.69 Å². The summed E-state index contributed by atoms with van der Waals surface area (Å²) in [6.07, 6.45) is 0.888. The first kappa shape index (κ1) is 17.2. The van der Waals surface area contributed by atoms with Gasteiger partial charge >= 0.3 is 0 Å². The molecule has 0 aliphatic carbocycles. The maximum absolute atomic E-state index is 12.8. The summed E-state index contributed by atoms with van der Waals surface area (Å²) in [5.41, 5.74) is 0.733. The van der Waals surface area contributed by atoms with E-state index in [4.69, 9.17) is 4.74 Å². The highest BCUT2D eigenvalue weighted by molar-refractivity contribution is 7.91. The van der Waals surface area contributed by atoms with Crippen LogP contribution >= 0.6 is 0 Å². The second-order valence-electron chi connectivity index (χ2n) is 6.60. The average Bonchev–Trinajstić information content (AvgIpc) is 2.88. The Morgan fingerprint density at radius 1 is 1.21 bits per heavy atom. The van der Waals surface area contributed by atoms with Gasteiger partial charge in [-0.25, -0.2) is 8.42 Å². The van der Waals surface area contributed by atoms with Crippen molar-refractivity contribution >= 4 is 21.4 Å². The number of methoxy groups -OCH3 is 1. The molecule has 0 aromatic heterocycles. The van der Waals surface area contributed by atoms with Crippen molar-refractivity contribution in [3.05, 3.63) is 24.3 Å². The Balaban J connectivity index is 1.97. The van der Waals surface area contributed by atoms with Crippen molar-refractivity contribution in [2.24, 2.45) is 0 Å². The molecule has 0 spiro atoms. The zero-order valence-electron chi connectivity index (χ0n) is 14.3. The van der Waals surface area contributed by atoms with E-state index < -0.39 is 9.84 Å². The van der Waals surface area contributed by atoms with Crippen LogP contribution < -0.4 is 9.64 Å². The van der Waals surface area contributed by atoms with Gasteiger partial charge in [0.15, 0.2) is 9.84 Å². The SMILES string of the molecule is CC[C@H](C)N1CC(=O)N(c2ccc(OC)cc2)[C@@H]2CS(=O)(=O)C[C@@H]21. The smallest absolute Gasteiger partial charge is 0.241 e. The maximum Gasteiger partial charge on any atom is 0.241 e. The molecule has 0 N–H and O–H groups in total. The quantitative estimate of drug-likeness (QED) is 0.817. The van der Waals surface area contributed by atoms with Crippen molar-refractivity contribution in [2.75, 3.05) is 30.1 Å². The molecule has 2 aliphatic heterocycles. The van der Waals surface area contributed by atoms with E-state index in [2.05, 4.69) is 18.7 Å². The summed E-state index contributed by atoms with van der Waals surface area (Å²) in [7, 11) is -1.55. The molecule has 2 aliphatic rings. The Hall–Kier alpha value is -1.60. The maximum atomic E-state index is 12.8. The second-order valence-corrected chi connectivity index (χ2v) is 8.76. The van der Waals surface area contributed by atoms with Crippen LogP contribution in [0.3, 0.4) is 0 Å². The van der Waals surface area contributed by atoms with Gasteiger partial charge in [0.1, 0.15) is 5.75 Å². The fraction of sp³-hybridized carbons (Fsp3) is 0.588. The van der Waals surface area contributed by atoms with Crippen molar-refractivity contribution in [1.82, 2.24) is 4.90 Å². The minimum Gasteiger partial charge on any atom is -0.497 e. The van der Waals surface area contributed by atoms with Crippen LogP contribution in [0.5, 0.6) is 5.75 Å². The van der Waals surface area contributed by atoms with Crippen LogP contribution in [0.25, 0.3) is 0 Å². The fourth-order valence-electron chi connectivity index (χ4n) is 3.70. The van der Waals surface area contributed by atoms with Crippen molar-refractivity contribution < 1.29 is 17.9 Å². The lowest BCUT2D eigenvalue weighted by Crippen LogP contribution is -2.63. The molecular formula is C17H24N2O4S. The van der Waals surface area contributed by atoms with Crippen molar-refractivity contribution in [3.63, 3.8) is 0 Å². The van der Waals surface area contributed by atoms with E-state index in [1.807, 2.05) is 12.1 Å². The molecule has 0 saturated carbocycles. The second kappa shape index (κ2) is 6.37. The summed E-state index contributed by atoms with van der Waals surface area (Å²) in [6.45, 7) is 4.37. The molecule has 6 nitrogen and oxygen atoms in total. The molecular weight excluding hydrogens is 328 g/mol. The van der Waals surface area contributed by atoms with Gasteiger partial charge in [0.05, 0.1) is 31.2 Å². The van der Waals surface area contributed by atoms with Crippen LogP contribution in [0.1, 0.15) is 20.3 Å². The molecule has 2 fully saturated rings. The molecule has 1 aromatic carbocycles. The highest BCUT2D eigenvalue weighted by Gasteiger charge is 2.50. The van der Waals surface area contributed by atoms with E-state index in [1.165, 1.54) is 0 Å². The van der Waals surface area contributed by atoms with Crippen molar-refractivity contribution in [2.45, 2.75) is 38.4 Å². The van der Waals surface area contributed by atoms with Gasteiger partial charge in [0, 0.05) is 17.8 Å². The number of amides is 1. The first-order valence-electron chi connectivity index (χ1n) is 8.28. The van der Waals surface area contributed by atoms with Crippen LogP contribution in [0.15, 0.2) is 24.3 Å². The minimum absolute atomic E-state index is 0.0301.